The average Bonchev–Trinajstić information content (AvgIpc) is 2.28. The van der Waals surface area contributed by atoms with E-state index in [1.54, 1.807) is 6.07 Å². The maximum absolute atomic E-state index is 12.6. The van der Waals surface area contributed by atoms with Crippen molar-refractivity contribution in [1.29, 1.82) is 0 Å². The van der Waals surface area contributed by atoms with Gasteiger partial charge in [0, 0.05) is 0 Å². The summed E-state index contributed by atoms with van der Waals surface area (Å²) in [5.41, 5.74) is 0.238. The van der Waals surface area contributed by atoms with Gasteiger partial charge in [0.15, 0.2) is 0 Å². The van der Waals surface area contributed by atoms with Crippen LogP contribution >= 0.6 is 0 Å². The van der Waals surface area contributed by atoms with Gasteiger partial charge in [0.25, 0.3) is 0 Å². The number of hydrogen-bond acceptors (Lipinski definition) is 1. The van der Waals surface area contributed by atoms with Gasteiger partial charge in [-0.1, -0.05) is 25.1 Å². The second-order valence-corrected chi connectivity index (χ2v) is 5.27. The average molecular weight is 257 g/mol. The fourth-order valence-electron chi connectivity index (χ4n) is 2.63. The third-order valence-corrected chi connectivity index (χ3v) is 3.44. The Kier molecular flexibility index (Phi) is 3.95. The molecule has 1 heterocycles. The Morgan fingerprint density at radius 1 is 1.28 bits per heavy atom. The van der Waals surface area contributed by atoms with Crippen molar-refractivity contribution in [2.24, 2.45) is 11.8 Å². The van der Waals surface area contributed by atoms with Gasteiger partial charge in [0.05, 0.1) is 5.56 Å². The lowest BCUT2D eigenvalue weighted by Gasteiger charge is -2.27. The van der Waals surface area contributed by atoms with Crippen molar-refractivity contribution < 1.29 is 13.2 Å². The first-order chi connectivity index (χ1) is 8.45. The zero-order valence-electron chi connectivity index (χ0n) is 10.4. The monoisotopic (exact) mass is 257 g/mol. The van der Waals surface area contributed by atoms with Crippen molar-refractivity contribution in [1.82, 2.24) is 5.32 Å². The Morgan fingerprint density at radius 2 is 2.06 bits per heavy atom. The third kappa shape index (κ3) is 3.48. The van der Waals surface area contributed by atoms with E-state index in [4.69, 9.17) is 0 Å². The van der Waals surface area contributed by atoms with Crippen LogP contribution in [0.25, 0.3) is 0 Å². The Labute approximate surface area is 105 Å². The van der Waals surface area contributed by atoms with Crippen molar-refractivity contribution in [2.45, 2.75) is 25.9 Å². The van der Waals surface area contributed by atoms with E-state index >= 15 is 0 Å². The largest absolute Gasteiger partial charge is 0.416 e. The van der Waals surface area contributed by atoms with Crippen LogP contribution in [0.15, 0.2) is 24.3 Å². The SMILES string of the molecule is CC1CNCC(Cc2cccc(C(F)(F)F)c2)C1. The van der Waals surface area contributed by atoms with Gasteiger partial charge in [-0.05, 0) is 49.4 Å². The minimum Gasteiger partial charge on any atom is -0.316 e. The molecule has 0 radical (unpaired) electrons. The molecule has 1 fully saturated rings. The number of halogens is 3. The molecule has 2 unspecified atom stereocenters. The molecule has 2 atom stereocenters. The molecule has 0 saturated carbocycles. The zero-order chi connectivity index (χ0) is 13.2. The first kappa shape index (κ1) is 13.4. The second kappa shape index (κ2) is 5.31. The maximum Gasteiger partial charge on any atom is 0.416 e. The van der Waals surface area contributed by atoms with E-state index in [0.717, 1.165) is 37.6 Å². The van der Waals surface area contributed by atoms with E-state index in [2.05, 4.69) is 12.2 Å². The molecule has 0 aliphatic carbocycles. The number of rotatable bonds is 2. The molecule has 1 aliphatic heterocycles. The number of alkyl halides is 3. The standard InChI is InChI=1S/C14H18F3N/c1-10-5-12(9-18-8-10)6-11-3-2-4-13(7-11)14(15,16)17/h2-4,7,10,12,18H,5-6,8-9H2,1H3. The highest BCUT2D eigenvalue weighted by Crippen LogP contribution is 2.30. The van der Waals surface area contributed by atoms with E-state index in [1.807, 2.05) is 0 Å². The zero-order valence-corrected chi connectivity index (χ0v) is 10.4. The fraction of sp³-hybridized carbons (Fsp3) is 0.571. The molecule has 0 amide bonds. The number of benzene rings is 1. The molecule has 1 aliphatic rings. The Hall–Kier alpha value is -1.03. The Bertz CT molecular complexity index is 400. The van der Waals surface area contributed by atoms with Gasteiger partial charge in [0.1, 0.15) is 0 Å². The van der Waals surface area contributed by atoms with Gasteiger partial charge in [0.2, 0.25) is 0 Å². The van der Waals surface area contributed by atoms with Crippen molar-refractivity contribution in [3.8, 4) is 0 Å². The lowest BCUT2D eigenvalue weighted by molar-refractivity contribution is -0.137. The molecule has 1 aromatic rings. The second-order valence-electron chi connectivity index (χ2n) is 5.27. The summed E-state index contributed by atoms with van der Waals surface area (Å²) in [6.45, 7) is 4.09. The minimum atomic E-state index is -4.24. The van der Waals surface area contributed by atoms with Crippen molar-refractivity contribution in [3.05, 3.63) is 35.4 Å². The van der Waals surface area contributed by atoms with Crippen LogP contribution in [0, 0.1) is 11.8 Å². The van der Waals surface area contributed by atoms with Gasteiger partial charge in [-0.25, -0.2) is 0 Å². The van der Waals surface area contributed by atoms with Crippen LogP contribution in [-0.2, 0) is 12.6 Å². The Morgan fingerprint density at radius 3 is 2.72 bits per heavy atom. The maximum atomic E-state index is 12.6. The molecule has 1 aromatic carbocycles. The van der Waals surface area contributed by atoms with Gasteiger partial charge in [-0.2, -0.15) is 13.2 Å². The lowest BCUT2D eigenvalue weighted by atomic mass is 9.87. The summed E-state index contributed by atoms with van der Waals surface area (Å²) in [6, 6.07) is 5.69. The molecule has 1 saturated heterocycles. The normalized spacial score (nSPS) is 25.1. The number of nitrogens with one attached hydrogen (secondary N) is 1. The number of hydrogen-bond donors (Lipinski definition) is 1. The summed E-state index contributed by atoms with van der Waals surface area (Å²) < 4.78 is 37.8. The van der Waals surface area contributed by atoms with Gasteiger partial charge in [-0.3, -0.25) is 0 Å². The summed E-state index contributed by atoms with van der Waals surface area (Å²) >= 11 is 0. The van der Waals surface area contributed by atoms with E-state index in [9.17, 15) is 13.2 Å². The van der Waals surface area contributed by atoms with E-state index in [-0.39, 0.29) is 0 Å². The van der Waals surface area contributed by atoms with E-state index in [0.29, 0.717) is 11.8 Å². The lowest BCUT2D eigenvalue weighted by Crippen LogP contribution is -2.35. The predicted molar refractivity (Wildman–Crippen MR) is 65.3 cm³/mol. The molecular weight excluding hydrogens is 239 g/mol. The summed E-state index contributed by atoms with van der Waals surface area (Å²) in [6.07, 6.45) is -2.43. The minimum absolute atomic E-state index is 0.442. The van der Waals surface area contributed by atoms with Crippen LogP contribution in [0.2, 0.25) is 0 Å². The topological polar surface area (TPSA) is 12.0 Å². The summed E-state index contributed by atoms with van der Waals surface area (Å²) in [5.74, 6) is 1.05. The highest BCUT2D eigenvalue weighted by atomic mass is 19.4. The van der Waals surface area contributed by atoms with Gasteiger partial charge >= 0.3 is 6.18 Å². The Balaban J connectivity index is 2.05. The van der Waals surface area contributed by atoms with Crippen LogP contribution in [-0.4, -0.2) is 13.1 Å². The molecule has 2 rings (SSSR count). The van der Waals surface area contributed by atoms with Crippen LogP contribution in [0.3, 0.4) is 0 Å². The van der Waals surface area contributed by atoms with Crippen LogP contribution in [0.4, 0.5) is 13.2 Å². The van der Waals surface area contributed by atoms with Crippen molar-refractivity contribution in [3.63, 3.8) is 0 Å². The van der Waals surface area contributed by atoms with Gasteiger partial charge in [-0.15, -0.1) is 0 Å². The van der Waals surface area contributed by atoms with Crippen molar-refractivity contribution >= 4 is 0 Å². The van der Waals surface area contributed by atoms with Crippen LogP contribution in [0.5, 0.6) is 0 Å². The molecule has 0 bridgehead atoms. The van der Waals surface area contributed by atoms with Gasteiger partial charge < -0.3 is 5.32 Å². The summed E-state index contributed by atoms with van der Waals surface area (Å²) in [4.78, 5) is 0. The fourth-order valence-corrected chi connectivity index (χ4v) is 2.63. The highest BCUT2D eigenvalue weighted by molar-refractivity contribution is 5.26. The van der Waals surface area contributed by atoms with E-state index in [1.165, 1.54) is 12.1 Å². The first-order valence-electron chi connectivity index (χ1n) is 6.32. The molecular formula is C14H18F3N. The van der Waals surface area contributed by atoms with Crippen molar-refractivity contribution in [2.75, 3.05) is 13.1 Å². The molecule has 0 aromatic heterocycles. The first-order valence-corrected chi connectivity index (χ1v) is 6.32. The van der Waals surface area contributed by atoms with E-state index < -0.39 is 11.7 Å². The van der Waals surface area contributed by atoms with Crippen LogP contribution < -0.4 is 5.32 Å². The van der Waals surface area contributed by atoms with Crippen LogP contribution in [0.1, 0.15) is 24.5 Å². The number of piperidine rings is 1. The highest BCUT2D eigenvalue weighted by Gasteiger charge is 2.30. The molecule has 1 nitrogen and oxygen atoms in total. The molecule has 100 valence electrons. The molecule has 0 spiro atoms. The summed E-state index contributed by atoms with van der Waals surface area (Å²) in [5, 5.41) is 3.33. The summed E-state index contributed by atoms with van der Waals surface area (Å²) in [7, 11) is 0. The molecule has 18 heavy (non-hydrogen) atoms. The smallest absolute Gasteiger partial charge is 0.316 e. The molecule has 4 heteroatoms. The predicted octanol–water partition coefficient (Wildman–Crippen LogP) is 3.49. The molecule has 1 N–H and O–H groups in total. The quantitative estimate of drug-likeness (QED) is 0.855. The third-order valence-electron chi connectivity index (χ3n) is 3.44.